The lowest BCUT2D eigenvalue weighted by Gasteiger charge is -2.07. The molecule has 33 heavy (non-hydrogen) atoms. The summed E-state index contributed by atoms with van der Waals surface area (Å²) in [7, 11) is 0. The molecule has 1 aromatic heterocycles. The number of nitro groups is 1. The molecule has 0 fully saturated rings. The van der Waals surface area contributed by atoms with Crippen LogP contribution in [0.2, 0.25) is 0 Å². The van der Waals surface area contributed by atoms with Crippen molar-refractivity contribution in [2.45, 2.75) is 20.3 Å². The molecule has 0 radical (unpaired) electrons. The van der Waals surface area contributed by atoms with Crippen molar-refractivity contribution in [1.82, 2.24) is 0 Å². The molecule has 9 nitrogen and oxygen atoms in total. The van der Waals surface area contributed by atoms with E-state index in [0.717, 1.165) is 16.9 Å². The molecule has 0 unspecified atom stereocenters. The molecule has 2 N–H and O–H groups in total. The lowest BCUT2D eigenvalue weighted by Crippen LogP contribution is -2.16. The van der Waals surface area contributed by atoms with Crippen LogP contribution in [0.3, 0.4) is 0 Å². The molecule has 0 aliphatic rings. The smallest absolute Gasteiger partial charge is 0.341 e. The van der Waals surface area contributed by atoms with Gasteiger partial charge in [0.25, 0.3) is 11.6 Å². The Morgan fingerprint density at radius 2 is 1.79 bits per heavy atom. The lowest BCUT2D eigenvalue weighted by molar-refractivity contribution is -0.384. The second-order valence-electron chi connectivity index (χ2n) is 6.95. The van der Waals surface area contributed by atoms with Gasteiger partial charge in [-0.2, -0.15) is 0 Å². The third-order valence-corrected chi connectivity index (χ3v) is 5.81. The van der Waals surface area contributed by atoms with Crippen molar-refractivity contribution in [3.8, 4) is 0 Å². The third kappa shape index (κ3) is 5.80. The van der Waals surface area contributed by atoms with Crippen LogP contribution in [0.5, 0.6) is 0 Å². The summed E-state index contributed by atoms with van der Waals surface area (Å²) in [5, 5.41) is 16.5. The van der Waals surface area contributed by atoms with Gasteiger partial charge in [0, 0.05) is 17.8 Å². The Morgan fingerprint density at radius 1 is 1.06 bits per heavy atom. The topological polar surface area (TPSA) is 128 Å². The Morgan fingerprint density at radius 3 is 2.45 bits per heavy atom. The Hall–Kier alpha value is -4.05. The van der Waals surface area contributed by atoms with Crippen LogP contribution in [-0.4, -0.2) is 29.3 Å². The van der Waals surface area contributed by atoms with Gasteiger partial charge in [0.1, 0.15) is 5.00 Å². The van der Waals surface area contributed by atoms with Crippen molar-refractivity contribution in [3.05, 3.63) is 86.3 Å². The number of non-ortho nitro benzene ring substituents is 1. The van der Waals surface area contributed by atoms with Gasteiger partial charge in [-0.1, -0.05) is 36.4 Å². The van der Waals surface area contributed by atoms with E-state index >= 15 is 0 Å². The zero-order chi connectivity index (χ0) is 24.0. The molecule has 170 valence electrons. The second-order valence-corrected chi connectivity index (χ2v) is 7.97. The van der Waals surface area contributed by atoms with Crippen LogP contribution in [0.1, 0.15) is 38.1 Å². The maximum atomic E-state index is 12.9. The van der Waals surface area contributed by atoms with E-state index in [1.165, 1.54) is 24.3 Å². The van der Waals surface area contributed by atoms with E-state index in [0.29, 0.717) is 5.56 Å². The number of anilines is 2. The van der Waals surface area contributed by atoms with Crippen molar-refractivity contribution in [2.75, 3.05) is 17.2 Å². The minimum atomic E-state index is -0.657. The quantitative estimate of drug-likeness (QED) is 0.284. The summed E-state index contributed by atoms with van der Waals surface area (Å²) in [5.41, 5.74) is 1.31. The summed E-state index contributed by atoms with van der Waals surface area (Å²) in [5.74, 6) is -1.57. The van der Waals surface area contributed by atoms with Gasteiger partial charge in [-0.25, -0.2) is 4.79 Å². The molecule has 0 atom stereocenters. The monoisotopic (exact) mass is 467 g/mol. The molecule has 0 saturated heterocycles. The van der Waals surface area contributed by atoms with E-state index in [-0.39, 0.29) is 45.8 Å². The van der Waals surface area contributed by atoms with Crippen LogP contribution in [0.25, 0.3) is 0 Å². The van der Waals surface area contributed by atoms with Crippen molar-refractivity contribution in [2.24, 2.45) is 0 Å². The van der Waals surface area contributed by atoms with Crippen LogP contribution in [0, 0.1) is 17.0 Å². The highest BCUT2D eigenvalue weighted by Gasteiger charge is 2.27. The summed E-state index contributed by atoms with van der Waals surface area (Å²) in [6, 6.07) is 14.6. The maximum absolute atomic E-state index is 12.9. The first-order valence-corrected chi connectivity index (χ1v) is 10.8. The van der Waals surface area contributed by atoms with Gasteiger partial charge in [-0.3, -0.25) is 19.7 Å². The number of ether oxygens (including phenoxy) is 1. The van der Waals surface area contributed by atoms with Gasteiger partial charge in [0.05, 0.1) is 28.4 Å². The van der Waals surface area contributed by atoms with Gasteiger partial charge < -0.3 is 15.4 Å². The molecule has 3 aromatic rings. The van der Waals surface area contributed by atoms with Gasteiger partial charge in [-0.05, 0) is 31.0 Å². The van der Waals surface area contributed by atoms with Crippen LogP contribution in [0.4, 0.5) is 16.4 Å². The lowest BCUT2D eigenvalue weighted by atomic mass is 10.1. The number of benzene rings is 2. The SMILES string of the molecule is CCOC(=O)c1c(NC(=O)Cc2ccccc2)sc(C(=O)Nc2cccc([N+](=O)[O-])c2)c1C. The van der Waals surface area contributed by atoms with Crippen LogP contribution < -0.4 is 10.6 Å². The molecule has 0 bridgehead atoms. The Kier molecular flexibility index (Phi) is 7.52. The summed E-state index contributed by atoms with van der Waals surface area (Å²) >= 11 is 0.938. The molecule has 0 aliphatic heterocycles. The molecule has 2 amide bonds. The summed E-state index contributed by atoms with van der Waals surface area (Å²) < 4.78 is 5.11. The van der Waals surface area contributed by atoms with Crippen molar-refractivity contribution in [3.63, 3.8) is 0 Å². The van der Waals surface area contributed by atoms with E-state index in [2.05, 4.69) is 10.6 Å². The molecule has 0 aliphatic carbocycles. The van der Waals surface area contributed by atoms with Crippen LogP contribution in [0.15, 0.2) is 54.6 Å². The molecular formula is C23H21N3O6S. The highest BCUT2D eigenvalue weighted by atomic mass is 32.1. The number of carbonyl (C=O) groups is 3. The second kappa shape index (κ2) is 10.5. The van der Waals surface area contributed by atoms with Crippen molar-refractivity contribution >= 4 is 45.5 Å². The maximum Gasteiger partial charge on any atom is 0.341 e. The Balaban J connectivity index is 1.88. The Bertz CT molecular complexity index is 1210. The summed E-state index contributed by atoms with van der Waals surface area (Å²) in [6.07, 6.45) is 0.0925. The first-order valence-electron chi connectivity index (χ1n) is 10.00. The predicted octanol–water partition coefficient (Wildman–Crippen LogP) is 4.57. The highest BCUT2D eigenvalue weighted by molar-refractivity contribution is 7.18. The van der Waals surface area contributed by atoms with Gasteiger partial charge in [0.2, 0.25) is 5.91 Å². The minimum Gasteiger partial charge on any atom is -0.462 e. The van der Waals surface area contributed by atoms with E-state index in [4.69, 9.17) is 4.74 Å². The van der Waals surface area contributed by atoms with Gasteiger partial charge >= 0.3 is 5.97 Å². The number of esters is 1. The number of hydrogen-bond donors (Lipinski definition) is 2. The number of thiophene rings is 1. The largest absolute Gasteiger partial charge is 0.462 e. The standard InChI is InChI=1S/C23H21N3O6S/c1-3-32-23(29)19-14(2)20(21(28)24-16-10-7-11-17(13-16)26(30)31)33-22(19)25-18(27)12-15-8-5-4-6-9-15/h4-11,13H,3,12H2,1-2H3,(H,24,28)(H,25,27). The normalized spacial score (nSPS) is 10.4. The number of nitro benzene ring substituents is 1. The fourth-order valence-corrected chi connectivity index (χ4v) is 4.21. The number of rotatable bonds is 8. The molecule has 1 heterocycles. The first-order chi connectivity index (χ1) is 15.8. The fraction of sp³-hybridized carbons (Fsp3) is 0.174. The first kappa shape index (κ1) is 23.6. The van der Waals surface area contributed by atoms with Crippen molar-refractivity contribution < 1.29 is 24.0 Å². The molecule has 10 heteroatoms. The van der Waals surface area contributed by atoms with Crippen LogP contribution in [-0.2, 0) is 16.0 Å². The van der Waals surface area contributed by atoms with Gasteiger partial charge in [0.15, 0.2) is 0 Å². The molecule has 0 saturated carbocycles. The highest BCUT2D eigenvalue weighted by Crippen LogP contribution is 2.34. The van der Waals surface area contributed by atoms with Gasteiger partial charge in [-0.15, -0.1) is 11.3 Å². The van der Waals surface area contributed by atoms with Crippen LogP contribution >= 0.6 is 11.3 Å². The average Bonchev–Trinajstić information content (AvgIpc) is 3.10. The molecule has 3 rings (SSSR count). The molecular weight excluding hydrogens is 446 g/mol. The van der Waals surface area contributed by atoms with E-state index in [1.807, 2.05) is 30.3 Å². The molecule has 0 spiro atoms. The fourth-order valence-electron chi connectivity index (χ4n) is 3.10. The number of carbonyl (C=O) groups excluding carboxylic acids is 3. The zero-order valence-corrected chi connectivity index (χ0v) is 18.7. The average molecular weight is 468 g/mol. The zero-order valence-electron chi connectivity index (χ0n) is 17.9. The third-order valence-electron chi connectivity index (χ3n) is 4.61. The number of hydrogen-bond acceptors (Lipinski definition) is 7. The summed E-state index contributed by atoms with van der Waals surface area (Å²) in [4.78, 5) is 48.6. The van der Waals surface area contributed by atoms with E-state index < -0.39 is 16.8 Å². The number of nitrogens with zero attached hydrogens (tertiary/aromatic N) is 1. The minimum absolute atomic E-state index is 0.0925. The van der Waals surface area contributed by atoms with Crippen molar-refractivity contribution in [1.29, 1.82) is 0 Å². The number of nitrogens with one attached hydrogen (secondary N) is 2. The predicted molar refractivity (Wildman–Crippen MR) is 125 cm³/mol. The Labute approximate surface area is 193 Å². The summed E-state index contributed by atoms with van der Waals surface area (Å²) in [6.45, 7) is 3.36. The van der Waals surface area contributed by atoms with E-state index in [1.54, 1.807) is 13.8 Å². The number of amides is 2. The van der Waals surface area contributed by atoms with E-state index in [9.17, 15) is 24.5 Å². The molecule has 2 aromatic carbocycles.